The Hall–Kier alpha value is -2.90. The molecule has 0 aromatic heterocycles. The minimum Gasteiger partial charge on any atom is -0.462 e. The van der Waals surface area contributed by atoms with Crippen LogP contribution in [0.2, 0.25) is 0 Å². The maximum Gasteiger partial charge on any atom is 0.330 e. The number of ether oxygens (including phenoxy) is 1. The number of benzene rings is 1. The smallest absolute Gasteiger partial charge is 0.330 e. The van der Waals surface area contributed by atoms with Gasteiger partial charge in [0.25, 0.3) is 5.69 Å². The molecular formula is C13H15N3O5. The predicted molar refractivity (Wildman–Crippen MR) is 75.3 cm³/mol. The molecule has 1 aromatic rings. The summed E-state index contributed by atoms with van der Waals surface area (Å²) in [5.41, 5.74) is 5.33. The average molecular weight is 293 g/mol. The molecule has 0 unspecified atom stereocenters. The van der Waals surface area contributed by atoms with Crippen LogP contribution in [0.15, 0.2) is 30.3 Å². The van der Waals surface area contributed by atoms with Crippen LogP contribution in [0.4, 0.5) is 10.5 Å². The molecule has 0 bridgehead atoms. The summed E-state index contributed by atoms with van der Waals surface area (Å²) in [7, 11) is 0. The van der Waals surface area contributed by atoms with E-state index in [1.807, 2.05) is 0 Å². The fraction of sp³-hybridized carbons (Fsp3) is 0.231. The topological polar surface area (TPSA) is 125 Å². The quantitative estimate of drug-likeness (QED) is 0.257. The lowest BCUT2D eigenvalue weighted by molar-refractivity contribution is -0.384. The lowest BCUT2D eigenvalue weighted by atomic mass is 10.2. The Balaban J connectivity index is 2.38. The lowest BCUT2D eigenvalue weighted by Gasteiger charge is -2.02. The van der Waals surface area contributed by atoms with Crippen molar-refractivity contribution >= 4 is 23.8 Å². The van der Waals surface area contributed by atoms with Crippen molar-refractivity contribution in [1.82, 2.24) is 5.32 Å². The number of esters is 1. The van der Waals surface area contributed by atoms with Gasteiger partial charge in [-0.15, -0.1) is 0 Å². The number of amides is 2. The van der Waals surface area contributed by atoms with Gasteiger partial charge in [0.2, 0.25) is 0 Å². The lowest BCUT2D eigenvalue weighted by Crippen LogP contribution is -2.30. The van der Waals surface area contributed by atoms with Gasteiger partial charge >= 0.3 is 12.0 Å². The molecule has 0 spiro atoms. The molecule has 0 atom stereocenters. The second-order valence-corrected chi connectivity index (χ2v) is 4.00. The Morgan fingerprint density at radius 3 is 2.86 bits per heavy atom. The summed E-state index contributed by atoms with van der Waals surface area (Å²) in [6, 6.07) is 5.24. The van der Waals surface area contributed by atoms with Gasteiger partial charge in [-0.25, -0.2) is 9.59 Å². The zero-order valence-electron chi connectivity index (χ0n) is 11.2. The number of hydrogen-bond acceptors (Lipinski definition) is 5. The van der Waals surface area contributed by atoms with Crippen LogP contribution in [-0.2, 0) is 9.53 Å². The van der Waals surface area contributed by atoms with E-state index in [1.165, 1.54) is 30.4 Å². The van der Waals surface area contributed by atoms with E-state index in [9.17, 15) is 19.7 Å². The number of nitrogens with two attached hydrogens (primary N) is 1. The van der Waals surface area contributed by atoms with Crippen LogP contribution in [0.3, 0.4) is 0 Å². The molecule has 0 saturated carbocycles. The third-order valence-electron chi connectivity index (χ3n) is 2.36. The third-order valence-corrected chi connectivity index (χ3v) is 2.36. The van der Waals surface area contributed by atoms with E-state index in [4.69, 9.17) is 10.5 Å². The van der Waals surface area contributed by atoms with E-state index < -0.39 is 16.9 Å². The van der Waals surface area contributed by atoms with Crippen molar-refractivity contribution in [3.63, 3.8) is 0 Å². The number of nitrogens with zero attached hydrogens (tertiary/aromatic N) is 1. The van der Waals surface area contributed by atoms with Crippen LogP contribution >= 0.6 is 0 Å². The first kappa shape index (κ1) is 16.2. The second-order valence-electron chi connectivity index (χ2n) is 4.00. The van der Waals surface area contributed by atoms with Crippen molar-refractivity contribution in [3.05, 3.63) is 46.0 Å². The normalized spacial score (nSPS) is 10.3. The monoisotopic (exact) mass is 293 g/mol. The number of nitro benzene ring substituents is 1. The summed E-state index contributed by atoms with van der Waals surface area (Å²) < 4.78 is 4.87. The summed E-state index contributed by atoms with van der Waals surface area (Å²) in [6.07, 6.45) is 3.05. The molecule has 0 aliphatic rings. The molecule has 2 amide bonds. The Kier molecular flexibility index (Phi) is 6.39. The SMILES string of the molecule is NC(=O)NCCCOC(=O)/C=C/c1cccc([N+](=O)[O-])c1. The third kappa shape index (κ3) is 6.71. The van der Waals surface area contributed by atoms with Crippen LogP contribution in [0, 0.1) is 10.1 Å². The van der Waals surface area contributed by atoms with Crippen molar-refractivity contribution in [3.8, 4) is 0 Å². The Labute approximate surface area is 120 Å². The largest absolute Gasteiger partial charge is 0.462 e. The maximum absolute atomic E-state index is 11.4. The van der Waals surface area contributed by atoms with E-state index in [-0.39, 0.29) is 12.3 Å². The number of nitro groups is 1. The molecule has 1 aromatic carbocycles. The van der Waals surface area contributed by atoms with Gasteiger partial charge in [-0.3, -0.25) is 10.1 Å². The summed E-state index contributed by atoms with van der Waals surface area (Å²) in [5, 5.41) is 13.0. The van der Waals surface area contributed by atoms with Crippen LogP contribution in [0.5, 0.6) is 0 Å². The van der Waals surface area contributed by atoms with Crippen molar-refractivity contribution in [2.45, 2.75) is 6.42 Å². The highest BCUT2D eigenvalue weighted by Gasteiger charge is 2.04. The summed E-state index contributed by atoms with van der Waals surface area (Å²) in [5.74, 6) is -0.569. The Morgan fingerprint density at radius 2 is 2.19 bits per heavy atom. The second kappa shape index (κ2) is 8.31. The molecule has 0 radical (unpaired) electrons. The first-order chi connectivity index (χ1) is 9.99. The molecule has 3 N–H and O–H groups in total. The molecule has 0 aliphatic carbocycles. The number of primary amides is 1. The van der Waals surface area contributed by atoms with E-state index in [1.54, 1.807) is 6.07 Å². The van der Waals surface area contributed by atoms with Crippen molar-refractivity contribution in [2.75, 3.05) is 13.2 Å². The van der Waals surface area contributed by atoms with E-state index >= 15 is 0 Å². The van der Waals surface area contributed by atoms with Crippen LogP contribution < -0.4 is 11.1 Å². The minimum atomic E-state index is -0.633. The van der Waals surface area contributed by atoms with Crippen molar-refractivity contribution < 1.29 is 19.2 Å². The number of carbonyl (C=O) groups excluding carboxylic acids is 2. The van der Waals surface area contributed by atoms with Gasteiger partial charge in [0.1, 0.15) is 0 Å². The van der Waals surface area contributed by atoms with Gasteiger partial charge in [0.05, 0.1) is 11.5 Å². The highest BCUT2D eigenvalue weighted by atomic mass is 16.6. The minimum absolute atomic E-state index is 0.0527. The van der Waals surface area contributed by atoms with Gasteiger partial charge in [0, 0.05) is 24.8 Å². The van der Waals surface area contributed by atoms with Gasteiger partial charge in [-0.05, 0) is 18.1 Å². The molecular weight excluding hydrogens is 278 g/mol. The number of carbonyl (C=O) groups is 2. The van der Waals surface area contributed by atoms with Gasteiger partial charge < -0.3 is 15.8 Å². The van der Waals surface area contributed by atoms with Crippen LogP contribution in [0.1, 0.15) is 12.0 Å². The highest BCUT2D eigenvalue weighted by Crippen LogP contribution is 2.14. The Bertz CT molecular complexity index is 556. The zero-order chi connectivity index (χ0) is 15.7. The number of rotatable bonds is 7. The molecule has 8 nitrogen and oxygen atoms in total. The van der Waals surface area contributed by atoms with Gasteiger partial charge in [0.15, 0.2) is 0 Å². The molecule has 8 heteroatoms. The first-order valence-electron chi connectivity index (χ1n) is 6.11. The summed E-state index contributed by atoms with van der Waals surface area (Å²) in [6.45, 7) is 0.454. The van der Waals surface area contributed by atoms with Gasteiger partial charge in [-0.2, -0.15) is 0 Å². The van der Waals surface area contributed by atoms with E-state index in [2.05, 4.69) is 5.32 Å². The van der Waals surface area contributed by atoms with Crippen molar-refractivity contribution in [1.29, 1.82) is 0 Å². The van der Waals surface area contributed by atoms with Crippen molar-refractivity contribution in [2.24, 2.45) is 5.73 Å². The summed E-state index contributed by atoms with van der Waals surface area (Å²) in [4.78, 5) is 31.8. The molecule has 21 heavy (non-hydrogen) atoms. The molecule has 1 rings (SSSR count). The fourth-order valence-corrected chi connectivity index (χ4v) is 1.41. The molecule has 0 fully saturated rings. The van der Waals surface area contributed by atoms with E-state index in [0.717, 1.165) is 0 Å². The summed E-state index contributed by atoms with van der Waals surface area (Å²) >= 11 is 0. The predicted octanol–water partition coefficient (Wildman–Crippen LogP) is 1.21. The standard InChI is InChI=1S/C13H15N3O5/c14-13(18)15-7-2-8-21-12(17)6-5-10-3-1-4-11(9-10)16(19)20/h1,3-6,9H,2,7-8H2,(H3,14,15,18)/b6-5+. The maximum atomic E-state index is 11.4. The molecule has 112 valence electrons. The van der Waals surface area contributed by atoms with Crippen LogP contribution in [0.25, 0.3) is 6.08 Å². The first-order valence-corrected chi connectivity index (χ1v) is 6.11. The van der Waals surface area contributed by atoms with Crippen LogP contribution in [-0.4, -0.2) is 30.1 Å². The fourth-order valence-electron chi connectivity index (χ4n) is 1.41. The molecule has 0 heterocycles. The van der Waals surface area contributed by atoms with E-state index in [0.29, 0.717) is 18.5 Å². The highest BCUT2D eigenvalue weighted by molar-refractivity contribution is 5.87. The molecule has 0 aliphatic heterocycles. The number of urea groups is 1. The number of hydrogen-bond donors (Lipinski definition) is 2. The average Bonchev–Trinajstić information content (AvgIpc) is 2.44. The Morgan fingerprint density at radius 1 is 1.43 bits per heavy atom. The molecule has 0 saturated heterocycles. The number of non-ortho nitro benzene ring substituents is 1. The number of nitrogens with one attached hydrogen (secondary N) is 1. The zero-order valence-corrected chi connectivity index (χ0v) is 11.2. The van der Waals surface area contributed by atoms with Gasteiger partial charge in [-0.1, -0.05) is 12.1 Å².